The van der Waals surface area contributed by atoms with Crippen LogP contribution in [0.5, 0.6) is 0 Å². The Balaban J connectivity index is 2.15. The van der Waals surface area contributed by atoms with Crippen molar-refractivity contribution in [2.75, 3.05) is 0 Å². The van der Waals surface area contributed by atoms with Crippen molar-refractivity contribution in [1.82, 2.24) is 5.32 Å². The predicted octanol–water partition coefficient (Wildman–Crippen LogP) is 5.76. The van der Waals surface area contributed by atoms with Crippen LogP contribution in [0, 0.1) is 0 Å². The smallest absolute Gasteiger partial charge is 0.408 e. The van der Waals surface area contributed by atoms with Crippen LogP contribution in [-0.4, -0.2) is 22.9 Å². The number of alkyl carbamates (subject to hydrolysis) is 1. The zero-order valence-corrected chi connectivity index (χ0v) is 19.5. The summed E-state index contributed by atoms with van der Waals surface area (Å²) in [5.41, 5.74) is 1.68. The van der Waals surface area contributed by atoms with Gasteiger partial charge in [0.15, 0.2) is 0 Å². The maximum Gasteiger partial charge on any atom is 0.408 e. The summed E-state index contributed by atoms with van der Waals surface area (Å²) in [7, 11) is 0. The van der Waals surface area contributed by atoms with E-state index in [-0.39, 0.29) is 6.42 Å². The first-order valence-electron chi connectivity index (χ1n) is 10.6. The summed E-state index contributed by atoms with van der Waals surface area (Å²) in [5.74, 6) is 0. The molecule has 3 aromatic carbocycles. The van der Waals surface area contributed by atoms with Gasteiger partial charge in [-0.2, -0.15) is 0 Å². The van der Waals surface area contributed by atoms with Crippen molar-refractivity contribution in [3.8, 4) is 0 Å². The number of nitrogens with one attached hydrogen (secondary N) is 1. The van der Waals surface area contributed by atoms with E-state index in [1.54, 1.807) is 20.8 Å². The topological polar surface area (TPSA) is 55.4 Å². The Labute approximate surface area is 195 Å². The molecular formula is C27H29NO3S. The van der Waals surface area contributed by atoms with Crippen molar-refractivity contribution in [2.24, 2.45) is 0 Å². The van der Waals surface area contributed by atoms with E-state index in [2.05, 4.69) is 17.9 Å². The minimum Gasteiger partial charge on any atom is -0.444 e. The molecule has 32 heavy (non-hydrogen) atoms. The van der Waals surface area contributed by atoms with Gasteiger partial charge in [-0.05, 0) is 43.9 Å². The molecule has 0 fully saturated rings. The highest BCUT2D eigenvalue weighted by Gasteiger charge is 2.40. The van der Waals surface area contributed by atoms with E-state index in [1.165, 1.54) is 0 Å². The van der Waals surface area contributed by atoms with E-state index in [0.29, 0.717) is 0 Å². The monoisotopic (exact) mass is 447 g/mol. The summed E-state index contributed by atoms with van der Waals surface area (Å²) in [6.45, 7) is 5.35. The maximum absolute atomic E-state index is 12.6. The van der Waals surface area contributed by atoms with Gasteiger partial charge >= 0.3 is 6.09 Å². The number of benzene rings is 3. The van der Waals surface area contributed by atoms with E-state index in [9.17, 15) is 9.59 Å². The van der Waals surface area contributed by atoms with Gasteiger partial charge in [0.2, 0.25) is 5.12 Å². The summed E-state index contributed by atoms with van der Waals surface area (Å²) in [4.78, 5) is 25.2. The largest absolute Gasteiger partial charge is 0.444 e. The minimum absolute atomic E-state index is 0.284. The number of thiol groups is 1. The fraction of sp³-hybridized carbons (Fsp3) is 0.259. The molecule has 0 radical (unpaired) electrons. The molecule has 0 bridgehead atoms. The van der Waals surface area contributed by atoms with Crippen molar-refractivity contribution in [1.29, 1.82) is 0 Å². The zero-order chi connectivity index (χ0) is 23.2. The normalized spacial score (nSPS) is 12.6. The Morgan fingerprint density at radius 2 is 1.16 bits per heavy atom. The van der Waals surface area contributed by atoms with Gasteiger partial charge in [0.1, 0.15) is 11.6 Å². The molecule has 0 saturated carbocycles. The van der Waals surface area contributed by atoms with Gasteiger partial charge in [0, 0.05) is 5.41 Å². The molecule has 0 aromatic heterocycles. The van der Waals surface area contributed by atoms with Crippen LogP contribution < -0.4 is 5.32 Å². The van der Waals surface area contributed by atoms with E-state index in [1.807, 2.05) is 91.0 Å². The highest BCUT2D eigenvalue weighted by atomic mass is 32.1. The number of carbonyl (C=O) groups is 2. The quantitative estimate of drug-likeness (QED) is 0.358. The number of rotatable bonds is 7. The summed E-state index contributed by atoms with van der Waals surface area (Å²) in [5, 5.41) is 2.32. The lowest BCUT2D eigenvalue weighted by molar-refractivity contribution is -0.113. The van der Waals surface area contributed by atoms with E-state index in [4.69, 9.17) is 4.74 Å². The Hall–Kier alpha value is -3.05. The van der Waals surface area contributed by atoms with Gasteiger partial charge < -0.3 is 10.1 Å². The first-order valence-corrected chi connectivity index (χ1v) is 11.1. The van der Waals surface area contributed by atoms with Gasteiger partial charge in [-0.25, -0.2) is 4.79 Å². The van der Waals surface area contributed by atoms with Gasteiger partial charge in [0.25, 0.3) is 0 Å². The first kappa shape index (κ1) is 23.6. The first-order chi connectivity index (χ1) is 15.2. The van der Waals surface area contributed by atoms with Crippen LogP contribution in [0.25, 0.3) is 0 Å². The van der Waals surface area contributed by atoms with Crippen molar-refractivity contribution < 1.29 is 14.3 Å². The molecule has 1 N–H and O–H groups in total. The number of hydrogen-bond acceptors (Lipinski definition) is 3. The fourth-order valence-electron chi connectivity index (χ4n) is 3.98. The second-order valence-electron chi connectivity index (χ2n) is 8.74. The van der Waals surface area contributed by atoms with Gasteiger partial charge in [-0.1, -0.05) is 91.0 Å². The number of ether oxygens (including phenoxy) is 1. The second-order valence-corrected chi connectivity index (χ2v) is 9.19. The summed E-state index contributed by atoms with van der Waals surface area (Å²) >= 11 is 4.12. The van der Waals surface area contributed by atoms with Crippen LogP contribution >= 0.6 is 12.6 Å². The molecule has 0 heterocycles. The molecule has 0 spiro atoms. The Morgan fingerprint density at radius 1 is 0.781 bits per heavy atom. The van der Waals surface area contributed by atoms with Crippen molar-refractivity contribution >= 4 is 23.8 Å². The van der Waals surface area contributed by atoms with E-state index < -0.39 is 28.3 Å². The van der Waals surface area contributed by atoms with Gasteiger partial charge in [-0.15, -0.1) is 12.6 Å². The lowest BCUT2D eigenvalue weighted by Gasteiger charge is -2.38. The lowest BCUT2D eigenvalue weighted by atomic mass is 9.66. The van der Waals surface area contributed by atoms with Gasteiger partial charge in [-0.3, -0.25) is 4.79 Å². The molecule has 5 heteroatoms. The lowest BCUT2D eigenvalue weighted by Crippen LogP contribution is -2.47. The standard InChI is InChI=1S/C27H29NO3S/c1-26(2,3)31-25(30)28-23(24(29)32)19-27(20-13-7-4-8-14-20,21-15-9-5-10-16-21)22-17-11-6-12-18-22/h4-18,23H,19H2,1-3H3,(H,28,30)(H,29,32). The second kappa shape index (κ2) is 10.0. The number of hydrogen-bond donors (Lipinski definition) is 2. The van der Waals surface area contributed by atoms with Gasteiger partial charge in [0.05, 0.1) is 0 Å². The molecule has 0 saturated heterocycles. The summed E-state index contributed by atoms with van der Waals surface area (Å²) in [6, 6.07) is 29.2. The summed E-state index contributed by atoms with van der Waals surface area (Å²) < 4.78 is 5.41. The van der Waals surface area contributed by atoms with Crippen LogP contribution in [0.4, 0.5) is 4.79 Å². The highest BCUT2D eigenvalue weighted by Crippen LogP contribution is 2.43. The maximum atomic E-state index is 12.6. The van der Waals surface area contributed by atoms with Crippen LogP contribution in [-0.2, 0) is 14.9 Å². The van der Waals surface area contributed by atoms with E-state index >= 15 is 0 Å². The average molecular weight is 448 g/mol. The Kier molecular flexibility index (Phi) is 7.41. The molecule has 1 atom stereocenters. The van der Waals surface area contributed by atoms with Crippen LogP contribution in [0.15, 0.2) is 91.0 Å². The molecule has 3 aromatic rings. The molecular weight excluding hydrogens is 418 g/mol. The fourth-order valence-corrected chi connectivity index (χ4v) is 4.13. The zero-order valence-electron chi connectivity index (χ0n) is 18.6. The molecule has 1 amide bonds. The minimum atomic E-state index is -0.867. The number of carbonyl (C=O) groups excluding carboxylic acids is 2. The number of amides is 1. The van der Waals surface area contributed by atoms with Crippen LogP contribution in [0.1, 0.15) is 43.9 Å². The third-order valence-corrected chi connectivity index (χ3v) is 5.61. The highest BCUT2D eigenvalue weighted by molar-refractivity contribution is 7.96. The van der Waals surface area contributed by atoms with E-state index in [0.717, 1.165) is 16.7 Å². The summed E-state index contributed by atoms with van der Waals surface area (Å²) in [6.07, 6.45) is -0.361. The van der Waals surface area contributed by atoms with Crippen LogP contribution in [0.3, 0.4) is 0 Å². The molecule has 0 aliphatic carbocycles. The predicted molar refractivity (Wildman–Crippen MR) is 131 cm³/mol. The molecule has 0 aliphatic heterocycles. The average Bonchev–Trinajstić information content (AvgIpc) is 2.77. The Bertz CT molecular complexity index is 934. The Morgan fingerprint density at radius 3 is 1.47 bits per heavy atom. The van der Waals surface area contributed by atoms with Crippen molar-refractivity contribution in [3.05, 3.63) is 108 Å². The van der Waals surface area contributed by atoms with Crippen molar-refractivity contribution in [3.63, 3.8) is 0 Å². The molecule has 4 nitrogen and oxygen atoms in total. The molecule has 0 aliphatic rings. The third-order valence-electron chi connectivity index (χ3n) is 5.30. The van der Waals surface area contributed by atoms with Crippen molar-refractivity contribution in [2.45, 2.75) is 44.2 Å². The van der Waals surface area contributed by atoms with Crippen LogP contribution in [0.2, 0.25) is 0 Å². The molecule has 166 valence electrons. The third kappa shape index (κ3) is 5.60. The molecule has 3 rings (SSSR count). The SMILES string of the molecule is CC(C)(C)OC(=O)NC(CC(c1ccccc1)(c1ccccc1)c1ccccc1)C(=O)S. The molecule has 1 unspecified atom stereocenters.